The maximum Gasteiger partial charge on any atom is 0.264 e. The Labute approximate surface area is 194 Å². The molecule has 170 valence electrons. The number of rotatable bonds is 7. The highest BCUT2D eigenvalue weighted by Gasteiger charge is 2.24. The van der Waals surface area contributed by atoms with Gasteiger partial charge in [-0.25, -0.2) is 0 Å². The zero-order valence-electron chi connectivity index (χ0n) is 19.4. The van der Waals surface area contributed by atoms with Crippen LogP contribution in [0.15, 0.2) is 35.8 Å². The molecule has 1 saturated heterocycles. The Bertz CT molecular complexity index is 1060. The van der Waals surface area contributed by atoms with Gasteiger partial charge in [0.15, 0.2) is 0 Å². The minimum atomic E-state index is 0.127. The lowest BCUT2D eigenvalue weighted by Gasteiger charge is -2.34. The third-order valence-electron chi connectivity index (χ3n) is 5.89. The fraction of sp³-hybridized carbons (Fsp3) is 0.440. The number of thiophene rings is 1. The topological polar surface area (TPSA) is 50.6 Å². The Hall–Kier alpha value is -2.64. The number of carbonyl (C=O) groups is 1. The third-order valence-corrected chi connectivity index (χ3v) is 6.86. The van der Waals surface area contributed by atoms with Crippen molar-refractivity contribution in [2.45, 2.75) is 47.4 Å². The smallest absolute Gasteiger partial charge is 0.264 e. The molecule has 2 aromatic heterocycles. The molecule has 0 aliphatic carbocycles. The van der Waals surface area contributed by atoms with Gasteiger partial charge in [-0.15, -0.1) is 11.3 Å². The van der Waals surface area contributed by atoms with Gasteiger partial charge in [-0.2, -0.15) is 5.10 Å². The fourth-order valence-corrected chi connectivity index (χ4v) is 4.99. The maximum absolute atomic E-state index is 13.0. The van der Waals surface area contributed by atoms with Gasteiger partial charge in [0.1, 0.15) is 12.4 Å². The van der Waals surface area contributed by atoms with Gasteiger partial charge < -0.3 is 9.64 Å². The first-order chi connectivity index (χ1) is 15.4. The molecule has 1 aliphatic rings. The number of hydrogen-bond acceptors (Lipinski definition) is 5. The molecule has 6 nitrogen and oxygen atoms in total. The Morgan fingerprint density at radius 3 is 2.44 bits per heavy atom. The Kier molecular flexibility index (Phi) is 6.96. The monoisotopic (exact) mass is 452 g/mol. The van der Waals surface area contributed by atoms with Crippen LogP contribution in [-0.2, 0) is 19.7 Å². The number of aryl methyl sites for hydroxylation is 4. The van der Waals surface area contributed by atoms with Gasteiger partial charge in [0.05, 0.1) is 10.6 Å². The van der Waals surface area contributed by atoms with Crippen molar-refractivity contribution in [3.63, 3.8) is 0 Å². The molecule has 1 fully saturated rings. The van der Waals surface area contributed by atoms with Gasteiger partial charge >= 0.3 is 0 Å². The van der Waals surface area contributed by atoms with Crippen molar-refractivity contribution in [3.8, 4) is 5.75 Å². The summed E-state index contributed by atoms with van der Waals surface area (Å²) < 4.78 is 7.94. The molecule has 0 atom stereocenters. The summed E-state index contributed by atoms with van der Waals surface area (Å²) in [5.74, 6) is 1.000. The van der Waals surface area contributed by atoms with Crippen molar-refractivity contribution < 1.29 is 9.53 Å². The van der Waals surface area contributed by atoms with Crippen LogP contribution in [0, 0.1) is 20.8 Å². The molecule has 0 radical (unpaired) electrons. The largest absolute Gasteiger partial charge is 0.489 e. The van der Waals surface area contributed by atoms with Crippen molar-refractivity contribution in [2.75, 3.05) is 26.2 Å². The first-order valence-corrected chi connectivity index (χ1v) is 12.1. The van der Waals surface area contributed by atoms with E-state index >= 15 is 0 Å². The van der Waals surface area contributed by atoms with E-state index in [2.05, 4.69) is 50.0 Å². The van der Waals surface area contributed by atoms with Crippen LogP contribution in [0.1, 0.15) is 44.5 Å². The average molecular weight is 453 g/mol. The number of piperazine rings is 1. The zero-order valence-corrected chi connectivity index (χ0v) is 20.2. The Balaban J connectivity index is 1.29. The first-order valence-electron chi connectivity index (χ1n) is 11.2. The zero-order chi connectivity index (χ0) is 22.7. The SMILES string of the molecule is CCn1cc(CN2CCN(C(=O)c3cc(COc4cc(C)cc(C)c4)cs3)CC2)c(C)n1. The number of carbonyl (C=O) groups excluding carboxylic acids is 1. The highest BCUT2D eigenvalue weighted by Crippen LogP contribution is 2.22. The van der Waals surface area contributed by atoms with Crippen LogP contribution in [-0.4, -0.2) is 51.7 Å². The third kappa shape index (κ3) is 5.40. The Morgan fingerprint density at radius 1 is 1.06 bits per heavy atom. The molecule has 1 aliphatic heterocycles. The van der Waals surface area contributed by atoms with E-state index in [-0.39, 0.29) is 5.91 Å². The number of ether oxygens (including phenoxy) is 1. The molecule has 7 heteroatoms. The summed E-state index contributed by atoms with van der Waals surface area (Å²) in [7, 11) is 0. The molecule has 0 saturated carbocycles. The second kappa shape index (κ2) is 9.88. The molecule has 0 N–H and O–H groups in total. The van der Waals surface area contributed by atoms with Crippen LogP contribution < -0.4 is 4.74 Å². The predicted molar refractivity (Wildman–Crippen MR) is 128 cm³/mol. The second-order valence-corrected chi connectivity index (χ2v) is 9.51. The maximum atomic E-state index is 13.0. The van der Waals surface area contributed by atoms with E-state index in [4.69, 9.17) is 4.74 Å². The van der Waals surface area contributed by atoms with Gasteiger partial charge in [-0.05, 0) is 62.4 Å². The molecule has 0 spiro atoms. The first kappa shape index (κ1) is 22.6. The van der Waals surface area contributed by atoms with E-state index in [1.165, 1.54) is 28.0 Å². The number of nitrogens with zero attached hydrogens (tertiary/aromatic N) is 4. The molecule has 1 amide bonds. The van der Waals surface area contributed by atoms with Crippen molar-refractivity contribution in [2.24, 2.45) is 0 Å². The second-order valence-electron chi connectivity index (χ2n) is 8.60. The van der Waals surface area contributed by atoms with E-state index < -0.39 is 0 Å². The lowest BCUT2D eigenvalue weighted by Crippen LogP contribution is -2.48. The van der Waals surface area contributed by atoms with E-state index in [1.807, 2.05) is 33.2 Å². The predicted octanol–water partition coefficient (Wildman–Crippen LogP) is 4.43. The summed E-state index contributed by atoms with van der Waals surface area (Å²) in [5.41, 5.74) is 5.79. The van der Waals surface area contributed by atoms with E-state index in [0.717, 1.165) is 61.2 Å². The van der Waals surface area contributed by atoms with Crippen LogP contribution in [0.4, 0.5) is 0 Å². The molecule has 32 heavy (non-hydrogen) atoms. The summed E-state index contributed by atoms with van der Waals surface area (Å²) in [6.45, 7) is 13.9. The van der Waals surface area contributed by atoms with Crippen LogP contribution in [0.2, 0.25) is 0 Å². The summed E-state index contributed by atoms with van der Waals surface area (Å²) >= 11 is 1.51. The van der Waals surface area contributed by atoms with Crippen LogP contribution in [0.25, 0.3) is 0 Å². The molecule has 3 aromatic rings. The molecular weight excluding hydrogens is 420 g/mol. The summed E-state index contributed by atoms with van der Waals surface area (Å²) in [5, 5.41) is 6.57. The van der Waals surface area contributed by atoms with Gasteiger partial charge in [0.2, 0.25) is 0 Å². The number of amides is 1. The molecular formula is C25H32N4O2S. The number of aromatic nitrogens is 2. The minimum absolute atomic E-state index is 0.127. The van der Waals surface area contributed by atoms with Crippen LogP contribution in [0.3, 0.4) is 0 Å². The molecule has 3 heterocycles. The number of benzene rings is 1. The average Bonchev–Trinajstić information content (AvgIpc) is 3.38. The number of hydrogen-bond donors (Lipinski definition) is 0. The van der Waals surface area contributed by atoms with Crippen molar-refractivity contribution in [1.82, 2.24) is 19.6 Å². The quantitative estimate of drug-likeness (QED) is 0.532. The normalized spacial score (nSPS) is 14.7. The van der Waals surface area contributed by atoms with E-state index in [1.54, 1.807) is 0 Å². The lowest BCUT2D eigenvalue weighted by atomic mass is 10.1. The van der Waals surface area contributed by atoms with Gasteiger partial charge in [0, 0.05) is 56.6 Å². The Morgan fingerprint density at radius 2 is 1.78 bits per heavy atom. The summed E-state index contributed by atoms with van der Waals surface area (Å²) in [4.78, 5) is 18.2. The summed E-state index contributed by atoms with van der Waals surface area (Å²) in [6, 6.07) is 8.19. The van der Waals surface area contributed by atoms with Crippen molar-refractivity contribution >= 4 is 17.2 Å². The van der Waals surface area contributed by atoms with Crippen molar-refractivity contribution in [3.05, 3.63) is 68.7 Å². The molecule has 0 unspecified atom stereocenters. The lowest BCUT2D eigenvalue weighted by molar-refractivity contribution is 0.0633. The fourth-order valence-electron chi connectivity index (χ4n) is 4.13. The van der Waals surface area contributed by atoms with Crippen LogP contribution >= 0.6 is 11.3 Å². The summed E-state index contributed by atoms with van der Waals surface area (Å²) in [6.07, 6.45) is 2.14. The van der Waals surface area contributed by atoms with E-state index in [0.29, 0.717) is 6.61 Å². The van der Waals surface area contributed by atoms with Crippen molar-refractivity contribution in [1.29, 1.82) is 0 Å². The van der Waals surface area contributed by atoms with Gasteiger partial charge in [0.25, 0.3) is 5.91 Å². The van der Waals surface area contributed by atoms with Crippen LogP contribution in [0.5, 0.6) is 5.75 Å². The van der Waals surface area contributed by atoms with Gasteiger partial charge in [-0.1, -0.05) is 6.07 Å². The van der Waals surface area contributed by atoms with E-state index in [9.17, 15) is 4.79 Å². The molecule has 1 aromatic carbocycles. The molecule has 4 rings (SSSR count). The molecule has 0 bridgehead atoms. The highest BCUT2D eigenvalue weighted by molar-refractivity contribution is 7.12. The minimum Gasteiger partial charge on any atom is -0.489 e. The highest BCUT2D eigenvalue weighted by atomic mass is 32.1. The standard InChI is InChI=1S/C25H32N4O2S/c1-5-29-15-22(20(4)26-29)14-27-6-8-28(9-7-27)25(30)24-13-21(17-32-24)16-31-23-11-18(2)10-19(3)12-23/h10-13,15,17H,5-9,14,16H2,1-4H3. The van der Waals surface area contributed by atoms with Gasteiger partial charge in [-0.3, -0.25) is 14.4 Å².